The van der Waals surface area contributed by atoms with Crippen molar-refractivity contribution in [1.29, 1.82) is 0 Å². The Labute approximate surface area is 253 Å². The molecular weight excluding hydrogens is 576 g/mol. The number of hydrogen-bond acceptors (Lipinski definition) is 7. The minimum atomic E-state index is -3.97. The largest absolute Gasteiger partial charge is 0.487 e. The van der Waals surface area contributed by atoms with Crippen LogP contribution in [0.4, 0.5) is 5.69 Å². The zero-order chi connectivity index (χ0) is 30.1. The first-order valence-corrected chi connectivity index (χ1v) is 17.0. The van der Waals surface area contributed by atoms with Crippen molar-refractivity contribution in [2.75, 3.05) is 18.0 Å². The van der Waals surface area contributed by atoms with Gasteiger partial charge in [-0.25, -0.2) is 13.1 Å². The predicted molar refractivity (Wildman–Crippen MR) is 163 cm³/mol. The lowest BCUT2D eigenvalue weighted by molar-refractivity contribution is -0.140. The van der Waals surface area contributed by atoms with Gasteiger partial charge in [0, 0.05) is 23.7 Å². The van der Waals surface area contributed by atoms with Crippen LogP contribution in [-0.4, -0.2) is 49.7 Å². The second kappa shape index (κ2) is 12.5. The third-order valence-corrected chi connectivity index (χ3v) is 11.9. The van der Waals surface area contributed by atoms with Crippen molar-refractivity contribution in [1.82, 2.24) is 4.72 Å². The molecular formula is C32H41ClN2O6S. The molecule has 5 atom stereocenters. The molecule has 8 nitrogen and oxygen atoms in total. The predicted octanol–water partition coefficient (Wildman–Crippen LogP) is 5.29. The molecule has 1 aliphatic carbocycles. The summed E-state index contributed by atoms with van der Waals surface area (Å²) in [5, 5.41) is 11.3. The van der Waals surface area contributed by atoms with Gasteiger partial charge in [-0.1, -0.05) is 24.6 Å². The van der Waals surface area contributed by atoms with Gasteiger partial charge in [-0.3, -0.25) is 4.79 Å². The Hall–Kier alpha value is -2.62. The summed E-state index contributed by atoms with van der Waals surface area (Å²) < 4.78 is 35.0. The molecule has 0 saturated heterocycles. The number of aryl methyl sites for hydroxylation is 1. The van der Waals surface area contributed by atoms with Crippen LogP contribution >= 0.6 is 11.6 Å². The van der Waals surface area contributed by atoms with Crippen LogP contribution < -0.4 is 14.4 Å². The van der Waals surface area contributed by atoms with Gasteiger partial charge in [0.15, 0.2) is 6.29 Å². The van der Waals surface area contributed by atoms with Crippen LogP contribution in [0.3, 0.4) is 0 Å². The molecule has 2 bridgehead atoms. The number of aliphatic hydroxyl groups is 1. The standard InChI is InChI=1S/C32H41ClN2O6S/c1-21-6-5-14-32(38,20-36)28-12-9-25(28)18-35-15-4-3-7-23-16-27(33)11-8-26(23)19-41-30-13-10-24(17-29(30)35)31(37)34-42(39,40)22(21)2/h8,10-11,13,16-17,20-22,25,28,38H,3-7,9,12,14-15,18-19H2,1-2H3,(H,34,37)/t21-,22+,25-,28+,32-/m0/s1. The van der Waals surface area contributed by atoms with E-state index in [2.05, 4.69) is 9.62 Å². The lowest BCUT2D eigenvalue weighted by Gasteiger charge is -2.47. The van der Waals surface area contributed by atoms with Gasteiger partial charge in [0.1, 0.15) is 18.0 Å². The fraction of sp³-hybridized carbons (Fsp3) is 0.562. The summed E-state index contributed by atoms with van der Waals surface area (Å²) in [6.07, 6.45) is 6.29. The van der Waals surface area contributed by atoms with Gasteiger partial charge >= 0.3 is 0 Å². The number of amides is 1. The first kappa shape index (κ1) is 30.8. The van der Waals surface area contributed by atoms with Gasteiger partial charge in [0.2, 0.25) is 10.0 Å². The fourth-order valence-corrected chi connectivity index (χ4v) is 8.17. The molecule has 1 amide bonds. The second-order valence-electron chi connectivity index (χ2n) is 12.4. The van der Waals surface area contributed by atoms with E-state index in [4.69, 9.17) is 16.3 Å². The van der Waals surface area contributed by atoms with Crippen LogP contribution in [0.15, 0.2) is 36.4 Å². The van der Waals surface area contributed by atoms with Crippen molar-refractivity contribution in [3.63, 3.8) is 0 Å². The number of ether oxygens (including phenoxy) is 1. The Bertz CT molecular complexity index is 1430. The van der Waals surface area contributed by atoms with Crippen molar-refractivity contribution in [3.8, 4) is 5.75 Å². The number of carbonyl (C=O) groups excluding carboxylic acids is 2. The van der Waals surface area contributed by atoms with Crippen LogP contribution in [0.2, 0.25) is 5.02 Å². The number of rotatable bonds is 1. The van der Waals surface area contributed by atoms with Crippen molar-refractivity contribution >= 4 is 39.5 Å². The number of hydrogen-bond donors (Lipinski definition) is 2. The molecule has 1 fully saturated rings. The van der Waals surface area contributed by atoms with Gasteiger partial charge < -0.3 is 19.5 Å². The van der Waals surface area contributed by atoms with Gasteiger partial charge in [0.25, 0.3) is 5.91 Å². The Balaban J connectivity index is 1.55. The molecule has 1 saturated carbocycles. The number of nitrogens with one attached hydrogen (secondary N) is 1. The summed E-state index contributed by atoms with van der Waals surface area (Å²) in [6.45, 7) is 5.00. The zero-order valence-electron chi connectivity index (χ0n) is 24.4. The highest BCUT2D eigenvalue weighted by molar-refractivity contribution is 7.90. The minimum absolute atomic E-state index is 0.0938. The van der Waals surface area contributed by atoms with E-state index in [9.17, 15) is 23.1 Å². The molecule has 0 radical (unpaired) electrons. The highest BCUT2D eigenvalue weighted by Gasteiger charge is 2.47. The molecule has 0 spiro atoms. The Morgan fingerprint density at radius 1 is 1.07 bits per heavy atom. The van der Waals surface area contributed by atoms with Crippen LogP contribution in [0.1, 0.15) is 80.3 Å². The van der Waals surface area contributed by atoms with Gasteiger partial charge in [-0.2, -0.15) is 0 Å². The van der Waals surface area contributed by atoms with Crippen molar-refractivity contribution in [2.24, 2.45) is 17.8 Å². The average molecular weight is 617 g/mol. The van der Waals surface area contributed by atoms with E-state index in [-0.39, 0.29) is 29.7 Å². The first-order valence-electron chi connectivity index (χ1n) is 15.0. The zero-order valence-corrected chi connectivity index (χ0v) is 25.9. The lowest BCUT2D eigenvalue weighted by Crippen LogP contribution is -2.52. The molecule has 2 aromatic carbocycles. The van der Waals surface area contributed by atoms with E-state index in [0.29, 0.717) is 55.3 Å². The number of benzene rings is 2. The van der Waals surface area contributed by atoms with Gasteiger partial charge in [-0.05, 0) is 118 Å². The summed E-state index contributed by atoms with van der Waals surface area (Å²) in [5.74, 6) is -0.446. The lowest BCUT2D eigenvalue weighted by atomic mass is 9.63. The van der Waals surface area contributed by atoms with Crippen molar-refractivity contribution in [3.05, 3.63) is 58.1 Å². The fourth-order valence-electron chi connectivity index (χ4n) is 6.67. The molecule has 10 heteroatoms. The molecule has 2 N–H and O–H groups in total. The molecule has 0 unspecified atom stereocenters. The van der Waals surface area contributed by atoms with Crippen molar-refractivity contribution in [2.45, 2.75) is 82.7 Å². The summed E-state index contributed by atoms with van der Waals surface area (Å²) in [4.78, 5) is 27.8. The van der Waals surface area contributed by atoms with Crippen LogP contribution in [0, 0.1) is 17.8 Å². The Kier molecular flexibility index (Phi) is 9.21. The molecule has 3 aliphatic rings. The van der Waals surface area contributed by atoms with E-state index in [1.165, 1.54) is 0 Å². The highest BCUT2D eigenvalue weighted by atomic mass is 35.5. The van der Waals surface area contributed by atoms with Crippen molar-refractivity contribution < 1.29 is 27.9 Å². The molecule has 2 aromatic rings. The van der Waals surface area contributed by atoms with Crippen LogP contribution in [0.5, 0.6) is 5.75 Å². The number of aldehydes is 1. The summed E-state index contributed by atoms with van der Waals surface area (Å²) in [7, 11) is -3.97. The molecule has 42 heavy (non-hydrogen) atoms. The SMILES string of the molecule is C[C@@H]1[C@@H](C)CCC[C@](O)(C=O)[C@@H]2CC[C@H]2CN2CCCCc3cc(Cl)ccc3COc3ccc(cc32)C(=O)NS1(=O)=O. The van der Waals surface area contributed by atoms with Crippen LogP contribution in [-0.2, 0) is 27.8 Å². The Morgan fingerprint density at radius 2 is 1.88 bits per heavy atom. The highest BCUT2D eigenvalue weighted by Crippen LogP contribution is 2.45. The second-order valence-corrected chi connectivity index (χ2v) is 14.9. The maximum absolute atomic E-state index is 13.3. The normalized spacial score (nSPS) is 30.3. The van der Waals surface area contributed by atoms with E-state index >= 15 is 0 Å². The molecule has 2 heterocycles. The van der Waals surface area contributed by atoms with E-state index in [1.54, 1.807) is 25.1 Å². The maximum Gasteiger partial charge on any atom is 0.264 e. The molecule has 228 valence electrons. The third kappa shape index (κ3) is 6.48. The first-order chi connectivity index (χ1) is 20.0. The summed E-state index contributed by atoms with van der Waals surface area (Å²) >= 11 is 6.29. The quantitative estimate of drug-likeness (QED) is 0.419. The van der Waals surface area contributed by atoms with Gasteiger partial charge in [-0.15, -0.1) is 0 Å². The Morgan fingerprint density at radius 3 is 2.62 bits per heavy atom. The number of halogens is 1. The van der Waals surface area contributed by atoms with E-state index < -0.39 is 26.8 Å². The maximum atomic E-state index is 13.3. The number of sulfonamides is 1. The van der Waals surface area contributed by atoms with E-state index in [1.807, 2.05) is 25.1 Å². The molecule has 5 rings (SSSR count). The van der Waals surface area contributed by atoms with Crippen LogP contribution in [0.25, 0.3) is 0 Å². The molecule has 2 aliphatic heterocycles. The third-order valence-electron chi connectivity index (χ3n) is 9.72. The van der Waals surface area contributed by atoms with Gasteiger partial charge in [0.05, 0.1) is 10.9 Å². The minimum Gasteiger partial charge on any atom is -0.487 e. The number of nitrogens with zero attached hydrogens (tertiary/aromatic N) is 1. The monoisotopic (exact) mass is 616 g/mol. The number of anilines is 1. The average Bonchev–Trinajstić information content (AvgIpc) is 2.97. The summed E-state index contributed by atoms with van der Waals surface area (Å²) in [5.41, 5.74) is 1.66. The molecule has 0 aromatic heterocycles. The van der Waals surface area contributed by atoms with E-state index in [0.717, 1.165) is 43.2 Å². The smallest absolute Gasteiger partial charge is 0.264 e. The summed E-state index contributed by atoms with van der Waals surface area (Å²) in [6, 6.07) is 10.8. The number of fused-ring (bicyclic) bond motifs is 3. The number of carbonyl (C=O) groups is 2. The topological polar surface area (TPSA) is 113 Å².